The maximum absolute atomic E-state index is 2.43. The molecule has 0 N–H and O–H groups in total. The van der Waals surface area contributed by atoms with Crippen molar-refractivity contribution in [2.24, 2.45) is 0 Å². The molecule has 0 bridgehead atoms. The molecule has 106 valence electrons. The number of aryl methyl sites for hydroxylation is 1. The van der Waals surface area contributed by atoms with Gasteiger partial charge in [0, 0.05) is 25.0 Å². The standard InChI is InChI=1S/C18H22S2/c1-2-3-4-5-6-7-8-14-13-16-15-11-12-19-17(15)9-10-18(16)20-14/h9-13H,2-8H2,1H3. The van der Waals surface area contributed by atoms with Crippen molar-refractivity contribution in [1.82, 2.24) is 0 Å². The highest BCUT2D eigenvalue weighted by molar-refractivity contribution is 7.20. The van der Waals surface area contributed by atoms with E-state index in [1.165, 1.54) is 65.1 Å². The van der Waals surface area contributed by atoms with Gasteiger partial charge in [0.1, 0.15) is 0 Å². The second kappa shape index (κ2) is 6.73. The Morgan fingerprint density at radius 2 is 1.65 bits per heavy atom. The molecule has 0 amide bonds. The lowest BCUT2D eigenvalue weighted by molar-refractivity contribution is 0.609. The van der Waals surface area contributed by atoms with Crippen LogP contribution in [0.5, 0.6) is 0 Å². The minimum Gasteiger partial charge on any atom is -0.144 e. The Hall–Kier alpha value is -0.860. The average molecular weight is 303 g/mol. The van der Waals surface area contributed by atoms with Crippen LogP contribution in [0.4, 0.5) is 0 Å². The summed E-state index contributed by atoms with van der Waals surface area (Å²) in [4.78, 5) is 1.56. The van der Waals surface area contributed by atoms with Gasteiger partial charge < -0.3 is 0 Å². The van der Waals surface area contributed by atoms with Crippen molar-refractivity contribution < 1.29 is 0 Å². The van der Waals surface area contributed by atoms with Crippen molar-refractivity contribution >= 4 is 42.8 Å². The topological polar surface area (TPSA) is 0 Å². The number of thiophene rings is 2. The summed E-state index contributed by atoms with van der Waals surface area (Å²) in [5, 5.41) is 5.11. The summed E-state index contributed by atoms with van der Waals surface area (Å²) in [6, 6.07) is 9.27. The van der Waals surface area contributed by atoms with Crippen molar-refractivity contribution in [3.05, 3.63) is 34.5 Å². The molecule has 0 atom stereocenters. The number of benzene rings is 1. The fourth-order valence-corrected chi connectivity index (χ4v) is 4.74. The third kappa shape index (κ3) is 3.07. The van der Waals surface area contributed by atoms with Crippen molar-refractivity contribution in [1.29, 1.82) is 0 Å². The van der Waals surface area contributed by atoms with Gasteiger partial charge in [-0.1, -0.05) is 39.0 Å². The van der Waals surface area contributed by atoms with Gasteiger partial charge in [-0.05, 0) is 42.5 Å². The Kier molecular flexibility index (Phi) is 4.74. The first-order valence-electron chi connectivity index (χ1n) is 7.77. The Labute approximate surface area is 129 Å². The van der Waals surface area contributed by atoms with Crippen LogP contribution in [0.25, 0.3) is 20.2 Å². The molecule has 20 heavy (non-hydrogen) atoms. The van der Waals surface area contributed by atoms with E-state index < -0.39 is 0 Å². The SMILES string of the molecule is CCCCCCCCc1cc2c(ccc3sccc32)s1. The zero-order valence-corrected chi connectivity index (χ0v) is 13.8. The van der Waals surface area contributed by atoms with Crippen LogP contribution in [0.2, 0.25) is 0 Å². The van der Waals surface area contributed by atoms with Crippen LogP contribution >= 0.6 is 22.7 Å². The van der Waals surface area contributed by atoms with Gasteiger partial charge in [0.15, 0.2) is 0 Å². The molecule has 0 spiro atoms. The van der Waals surface area contributed by atoms with Gasteiger partial charge >= 0.3 is 0 Å². The number of unbranched alkanes of at least 4 members (excludes halogenated alkanes) is 5. The van der Waals surface area contributed by atoms with Crippen LogP contribution in [0.15, 0.2) is 29.6 Å². The Morgan fingerprint density at radius 3 is 2.55 bits per heavy atom. The lowest BCUT2D eigenvalue weighted by Gasteiger charge is -1.98. The van der Waals surface area contributed by atoms with E-state index in [2.05, 4.69) is 36.6 Å². The molecule has 1 aromatic carbocycles. The molecule has 0 nitrogen and oxygen atoms in total. The van der Waals surface area contributed by atoms with Crippen molar-refractivity contribution in [3.63, 3.8) is 0 Å². The van der Waals surface area contributed by atoms with Crippen LogP contribution < -0.4 is 0 Å². The first-order chi connectivity index (χ1) is 9.88. The Bertz CT molecular complexity index is 675. The van der Waals surface area contributed by atoms with Crippen LogP contribution in [0, 0.1) is 0 Å². The lowest BCUT2D eigenvalue weighted by atomic mass is 10.1. The summed E-state index contributed by atoms with van der Waals surface area (Å²) >= 11 is 3.83. The van der Waals surface area contributed by atoms with Gasteiger partial charge in [0.05, 0.1) is 0 Å². The van der Waals surface area contributed by atoms with E-state index in [4.69, 9.17) is 0 Å². The number of hydrogen-bond donors (Lipinski definition) is 0. The first-order valence-corrected chi connectivity index (χ1v) is 9.46. The molecule has 0 aliphatic heterocycles. The van der Waals surface area contributed by atoms with Crippen LogP contribution in [0.1, 0.15) is 50.3 Å². The smallest absolute Gasteiger partial charge is 0.0352 e. The van der Waals surface area contributed by atoms with E-state index in [9.17, 15) is 0 Å². The number of rotatable bonds is 7. The normalized spacial score (nSPS) is 11.7. The zero-order chi connectivity index (χ0) is 13.8. The summed E-state index contributed by atoms with van der Waals surface area (Å²) in [6.07, 6.45) is 9.57. The van der Waals surface area contributed by atoms with Crippen LogP contribution in [0.3, 0.4) is 0 Å². The summed E-state index contributed by atoms with van der Waals surface area (Å²) < 4.78 is 2.87. The molecular weight excluding hydrogens is 280 g/mol. The van der Waals surface area contributed by atoms with Gasteiger partial charge in [-0.15, -0.1) is 22.7 Å². The summed E-state index contributed by atoms with van der Waals surface area (Å²) in [6.45, 7) is 2.28. The third-order valence-electron chi connectivity index (χ3n) is 3.96. The van der Waals surface area contributed by atoms with E-state index in [0.717, 1.165) is 0 Å². The second-order valence-corrected chi connectivity index (χ2v) is 7.66. The highest BCUT2D eigenvalue weighted by atomic mass is 32.1. The van der Waals surface area contributed by atoms with E-state index in [1.807, 2.05) is 22.7 Å². The molecule has 0 aliphatic carbocycles. The molecule has 0 unspecified atom stereocenters. The van der Waals surface area contributed by atoms with E-state index >= 15 is 0 Å². The van der Waals surface area contributed by atoms with Gasteiger partial charge in [0.2, 0.25) is 0 Å². The molecule has 2 heterocycles. The fourth-order valence-electron chi connectivity index (χ4n) is 2.82. The first kappa shape index (κ1) is 14.1. The monoisotopic (exact) mass is 302 g/mol. The summed E-state index contributed by atoms with van der Waals surface area (Å²) in [5.74, 6) is 0. The highest BCUT2D eigenvalue weighted by Crippen LogP contribution is 2.34. The molecular formula is C18H22S2. The third-order valence-corrected chi connectivity index (χ3v) is 6.00. The molecule has 0 saturated heterocycles. The zero-order valence-electron chi connectivity index (χ0n) is 12.2. The van der Waals surface area contributed by atoms with Gasteiger partial charge in [-0.3, -0.25) is 0 Å². The van der Waals surface area contributed by atoms with Gasteiger partial charge in [0.25, 0.3) is 0 Å². The summed E-state index contributed by atoms with van der Waals surface area (Å²) in [5.41, 5.74) is 0. The minimum atomic E-state index is 1.26. The van der Waals surface area contributed by atoms with Gasteiger partial charge in [-0.25, -0.2) is 0 Å². The van der Waals surface area contributed by atoms with Crippen molar-refractivity contribution in [3.8, 4) is 0 Å². The molecule has 2 aromatic heterocycles. The average Bonchev–Trinajstić information content (AvgIpc) is 3.07. The number of hydrogen-bond acceptors (Lipinski definition) is 2. The minimum absolute atomic E-state index is 1.26. The Balaban J connectivity index is 1.64. The van der Waals surface area contributed by atoms with E-state index in [-0.39, 0.29) is 0 Å². The van der Waals surface area contributed by atoms with Crippen molar-refractivity contribution in [2.75, 3.05) is 0 Å². The predicted octanol–water partition coefficient (Wildman–Crippen LogP) is 7.02. The van der Waals surface area contributed by atoms with E-state index in [0.29, 0.717) is 0 Å². The van der Waals surface area contributed by atoms with Gasteiger partial charge in [-0.2, -0.15) is 0 Å². The maximum Gasteiger partial charge on any atom is 0.0352 e. The molecule has 0 saturated carbocycles. The molecule has 3 aromatic rings. The molecule has 0 radical (unpaired) electrons. The maximum atomic E-state index is 2.43. The largest absolute Gasteiger partial charge is 0.144 e. The second-order valence-electron chi connectivity index (χ2n) is 5.54. The summed E-state index contributed by atoms with van der Waals surface area (Å²) in [7, 11) is 0. The van der Waals surface area contributed by atoms with Crippen LogP contribution in [-0.4, -0.2) is 0 Å². The van der Waals surface area contributed by atoms with E-state index in [1.54, 1.807) is 4.88 Å². The highest BCUT2D eigenvalue weighted by Gasteiger charge is 2.06. The molecule has 0 fully saturated rings. The van der Waals surface area contributed by atoms with Crippen molar-refractivity contribution in [2.45, 2.75) is 51.9 Å². The number of fused-ring (bicyclic) bond motifs is 3. The Morgan fingerprint density at radius 1 is 0.850 bits per heavy atom. The molecule has 0 aliphatic rings. The quantitative estimate of drug-likeness (QED) is 0.411. The lowest BCUT2D eigenvalue weighted by Crippen LogP contribution is -1.82. The predicted molar refractivity (Wildman–Crippen MR) is 94.3 cm³/mol. The fraction of sp³-hybridized carbons (Fsp3) is 0.444. The molecule has 3 rings (SSSR count). The molecule has 2 heteroatoms. The van der Waals surface area contributed by atoms with Crippen LogP contribution in [-0.2, 0) is 6.42 Å².